The molecule has 1 saturated heterocycles. The fraction of sp³-hybridized carbons (Fsp3) is 0.389. The summed E-state index contributed by atoms with van der Waals surface area (Å²) in [5.74, 6) is -0.882. The van der Waals surface area contributed by atoms with E-state index in [9.17, 15) is 8.78 Å². The molecule has 24 heavy (non-hydrogen) atoms. The highest BCUT2D eigenvalue weighted by atomic mass is 19.1. The van der Waals surface area contributed by atoms with Crippen LogP contribution in [0.5, 0.6) is 0 Å². The molecule has 1 aromatic carbocycles. The van der Waals surface area contributed by atoms with Crippen LogP contribution in [0, 0.1) is 17.6 Å². The van der Waals surface area contributed by atoms with E-state index in [1.54, 1.807) is 6.20 Å². The minimum Gasteiger partial charge on any atom is -0.314 e. The number of hydrogen-bond acceptors (Lipinski definition) is 4. The zero-order chi connectivity index (χ0) is 16.9. The standard InChI is InChI=1S/C18H22F2N4/c1-12(7-13-3-2-6-21-9-13)22-10-14-11-23-24-18(14)16-5-4-15(19)8-17(16)20/h2-6,8-9,12,14,18,22-24H,7,10-11H2,1H3. The van der Waals surface area contributed by atoms with Gasteiger partial charge in [0.05, 0.1) is 6.04 Å². The first kappa shape index (κ1) is 17.0. The van der Waals surface area contributed by atoms with E-state index in [-0.39, 0.29) is 18.0 Å². The summed E-state index contributed by atoms with van der Waals surface area (Å²) in [7, 11) is 0. The van der Waals surface area contributed by atoms with Gasteiger partial charge in [-0.3, -0.25) is 10.4 Å². The molecule has 3 rings (SSSR count). The Morgan fingerprint density at radius 3 is 2.96 bits per heavy atom. The van der Waals surface area contributed by atoms with Crippen LogP contribution in [0.2, 0.25) is 0 Å². The summed E-state index contributed by atoms with van der Waals surface area (Å²) in [6.45, 7) is 3.59. The van der Waals surface area contributed by atoms with Crippen LogP contribution >= 0.6 is 0 Å². The summed E-state index contributed by atoms with van der Waals surface area (Å²) in [4.78, 5) is 4.12. The van der Waals surface area contributed by atoms with Crippen molar-refractivity contribution in [3.63, 3.8) is 0 Å². The Kier molecular flexibility index (Phi) is 5.50. The molecule has 0 radical (unpaired) electrons. The highest BCUT2D eigenvalue weighted by molar-refractivity contribution is 5.24. The van der Waals surface area contributed by atoms with Crippen LogP contribution in [0.25, 0.3) is 0 Å². The maximum Gasteiger partial charge on any atom is 0.130 e. The van der Waals surface area contributed by atoms with Gasteiger partial charge in [0.25, 0.3) is 0 Å². The molecule has 128 valence electrons. The molecule has 1 aliphatic rings. The van der Waals surface area contributed by atoms with Crippen LogP contribution in [-0.2, 0) is 6.42 Å². The number of hydrogen-bond donors (Lipinski definition) is 3. The molecule has 1 aliphatic heterocycles. The van der Waals surface area contributed by atoms with Crippen LogP contribution in [-0.4, -0.2) is 24.1 Å². The number of rotatable bonds is 6. The fourth-order valence-electron chi connectivity index (χ4n) is 3.11. The summed E-state index contributed by atoms with van der Waals surface area (Å²) in [6, 6.07) is 7.85. The van der Waals surface area contributed by atoms with Crippen LogP contribution in [0.15, 0.2) is 42.7 Å². The maximum absolute atomic E-state index is 14.0. The van der Waals surface area contributed by atoms with Crippen molar-refractivity contribution in [2.45, 2.75) is 25.4 Å². The molecule has 1 aromatic heterocycles. The molecular weight excluding hydrogens is 310 g/mol. The SMILES string of the molecule is CC(Cc1cccnc1)NCC1CNNC1c1ccc(F)cc1F. The molecule has 6 heteroatoms. The van der Waals surface area contributed by atoms with E-state index < -0.39 is 11.6 Å². The van der Waals surface area contributed by atoms with Crippen molar-refractivity contribution < 1.29 is 8.78 Å². The number of hydrazine groups is 1. The van der Waals surface area contributed by atoms with Gasteiger partial charge in [-0.05, 0) is 31.0 Å². The molecule has 0 bridgehead atoms. The topological polar surface area (TPSA) is 49.0 Å². The monoisotopic (exact) mass is 332 g/mol. The highest BCUT2D eigenvalue weighted by Gasteiger charge is 2.30. The Bertz CT molecular complexity index is 665. The zero-order valence-corrected chi connectivity index (χ0v) is 13.6. The van der Waals surface area contributed by atoms with Gasteiger partial charge in [0, 0.05) is 49.1 Å². The molecule has 4 nitrogen and oxygen atoms in total. The van der Waals surface area contributed by atoms with Crippen molar-refractivity contribution in [2.75, 3.05) is 13.1 Å². The van der Waals surface area contributed by atoms with Gasteiger partial charge in [-0.15, -0.1) is 0 Å². The predicted molar refractivity (Wildman–Crippen MR) is 89.1 cm³/mol. The van der Waals surface area contributed by atoms with Crippen molar-refractivity contribution in [3.8, 4) is 0 Å². The second-order valence-corrected chi connectivity index (χ2v) is 6.30. The lowest BCUT2D eigenvalue weighted by Crippen LogP contribution is -2.35. The van der Waals surface area contributed by atoms with Gasteiger partial charge in [0.1, 0.15) is 11.6 Å². The van der Waals surface area contributed by atoms with Gasteiger partial charge in [0.15, 0.2) is 0 Å². The maximum atomic E-state index is 14.0. The largest absolute Gasteiger partial charge is 0.314 e. The number of nitrogens with zero attached hydrogens (tertiary/aromatic N) is 1. The molecule has 3 unspecified atom stereocenters. The second kappa shape index (κ2) is 7.79. The van der Waals surface area contributed by atoms with Gasteiger partial charge in [-0.1, -0.05) is 12.1 Å². The lowest BCUT2D eigenvalue weighted by molar-refractivity contribution is 0.402. The van der Waals surface area contributed by atoms with Crippen LogP contribution in [0.4, 0.5) is 8.78 Å². The highest BCUT2D eigenvalue weighted by Crippen LogP contribution is 2.27. The number of aromatic nitrogens is 1. The van der Waals surface area contributed by atoms with E-state index in [0.717, 1.165) is 25.6 Å². The lowest BCUT2D eigenvalue weighted by atomic mass is 9.94. The number of pyridine rings is 1. The average Bonchev–Trinajstić information content (AvgIpc) is 3.02. The molecule has 2 heterocycles. The van der Waals surface area contributed by atoms with Crippen LogP contribution in [0.1, 0.15) is 24.1 Å². The Labute approximate surface area is 140 Å². The normalized spacial score (nSPS) is 21.8. The molecular formula is C18H22F2N4. The average molecular weight is 332 g/mol. The van der Waals surface area contributed by atoms with E-state index >= 15 is 0 Å². The van der Waals surface area contributed by atoms with E-state index in [4.69, 9.17) is 0 Å². The Balaban J connectivity index is 1.58. The summed E-state index contributed by atoms with van der Waals surface area (Å²) in [5.41, 5.74) is 7.85. The molecule has 1 fully saturated rings. The summed E-state index contributed by atoms with van der Waals surface area (Å²) in [5, 5.41) is 3.50. The van der Waals surface area contributed by atoms with Gasteiger partial charge < -0.3 is 5.32 Å². The van der Waals surface area contributed by atoms with E-state index in [0.29, 0.717) is 5.56 Å². The predicted octanol–water partition coefficient (Wildman–Crippen LogP) is 2.35. The molecule has 0 saturated carbocycles. The van der Waals surface area contributed by atoms with Crippen molar-refractivity contribution in [1.29, 1.82) is 0 Å². The van der Waals surface area contributed by atoms with Crippen molar-refractivity contribution >= 4 is 0 Å². The first-order valence-corrected chi connectivity index (χ1v) is 8.19. The number of nitrogens with one attached hydrogen (secondary N) is 3. The van der Waals surface area contributed by atoms with E-state index in [1.807, 2.05) is 12.3 Å². The Morgan fingerprint density at radius 2 is 2.21 bits per heavy atom. The first-order valence-electron chi connectivity index (χ1n) is 8.19. The lowest BCUT2D eigenvalue weighted by Gasteiger charge is -2.22. The zero-order valence-electron chi connectivity index (χ0n) is 13.6. The third kappa shape index (κ3) is 4.14. The van der Waals surface area contributed by atoms with Crippen molar-refractivity contribution in [1.82, 2.24) is 21.2 Å². The molecule has 0 aliphatic carbocycles. The van der Waals surface area contributed by atoms with Crippen LogP contribution < -0.4 is 16.2 Å². The molecule has 0 spiro atoms. The van der Waals surface area contributed by atoms with Gasteiger partial charge in [-0.2, -0.15) is 0 Å². The minimum absolute atomic E-state index is 0.177. The molecule has 3 N–H and O–H groups in total. The molecule has 0 amide bonds. The summed E-state index contributed by atoms with van der Waals surface area (Å²) in [6.07, 6.45) is 4.52. The third-order valence-corrected chi connectivity index (χ3v) is 4.38. The smallest absolute Gasteiger partial charge is 0.130 e. The van der Waals surface area contributed by atoms with Crippen LogP contribution in [0.3, 0.4) is 0 Å². The molecule has 2 aromatic rings. The Morgan fingerprint density at radius 1 is 1.33 bits per heavy atom. The van der Waals surface area contributed by atoms with E-state index in [1.165, 1.54) is 17.7 Å². The number of benzene rings is 1. The van der Waals surface area contributed by atoms with Crippen molar-refractivity contribution in [2.24, 2.45) is 5.92 Å². The number of halogens is 2. The third-order valence-electron chi connectivity index (χ3n) is 4.38. The van der Waals surface area contributed by atoms with E-state index in [2.05, 4.69) is 34.1 Å². The Hall–Kier alpha value is -1.89. The molecule has 3 atom stereocenters. The first-order chi connectivity index (χ1) is 11.6. The van der Waals surface area contributed by atoms with Crippen molar-refractivity contribution in [3.05, 3.63) is 65.5 Å². The summed E-state index contributed by atoms with van der Waals surface area (Å²) >= 11 is 0. The van der Waals surface area contributed by atoms with Gasteiger partial charge in [0.2, 0.25) is 0 Å². The van der Waals surface area contributed by atoms with Gasteiger partial charge in [-0.25, -0.2) is 14.2 Å². The second-order valence-electron chi connectivity index (χ2n) is 6.30. The summed E-state index contributed by atoms with van der Waals surface area (Å²) < 4.78 is 27.1. The quantitative estimate of drug-likeness (QED) is 0.760. The van der Waals surface area contributed by atoms with Gasteiger partial charge >= 0.3 is 0 Å². The fourth-order valence-corrected chi connectivity index (χ4v) is 3.11. The minimum atomic E-state index is -0.554.